The number of likely N-dealkylation sites (tertiary alicyclic amines) is 1. The normalized spacial score (nSPS) is 33.4. The first-order valence-corrected chi connectivity index (χ1v) is 5.39. The van der Waals surface area contributed by atoms with E-state index in [1.807, 2.05) is 4.90 Å². The van der Waals surface area contributed by atoms with Crippen LogP contribution >= 0.6 is 0 Å². The van der Waals surface area contributed by atoms with Gasteiger partial charge in [-0.2, -0.15) is 0 Å². The number of hydrogen-bond donors (Lipinski definition) is 1. The van der Waals surface area contributed by atoms with E-state index in [9.17, 15) is 4.79 Å². The molecule has 2 rings (SSSR count). The van der Waals surface area contributed by atoms with E-state index in [0.717, 1.165) is 39.0 Å². The molecule has 0 spiro atoms. The molecule has 2 aliphatic rings. The second kappa shape index (κ2) is 4.28. The third kappa shape index (κ3) is 2.07. The highest BCUT2D eigenvalue weighted by Gasteiger charge is 2.30. The van der Waals surface area contributed by atoms with Crippen LogP contribution in [0.5, 0.6) is 0 Å². The zero-order valence-corrected chi connectivity index (χ0v) is 8.45. The van der Waals surface area contributed by atoms with E-state index < -0.39 is 0 Å². The lowest BCUT2D eigenvalue weighted by Gasteiger charge is -2.32. The van der Waals surface area contributed by atoms with Gasteiger partial charge < -0.3 is 15.4 Å². The lowest BCUT2D eigenvalue weighted by Crippen LogP contribution is -2.47. The van der Waals surface area contributed by atoms with Crippen molar-refractivity contribution in [2.45, 2.75) is 25.3 Å². The number of ether oxygens (including phenoxy) is 1. The predicted octanol–water partition coefficient (Wildman–Crippen LogP) is -0.0274. The molecule has 2 saturated heterocycles. The Morgan fingerprint density at radius 2 is 2.29 bits per heavy atom. The lowest BCUT2D eigenvalue weighted by molar-refractivity contribution is -0.136. The van der Waals surface area contributed by atoms with Crippen molar-refractivity contribution in [1.29, 1.82) is 0 Å². The molecule has 0 saturated carbocycles. The summed E-state index contributed by atoms with van der Waals surface area (Å²) in [5, 5.41) is 0. The van der Waals surface area contributed by atoms with E-state index in [1.165, 1.54) is 0 Å². The number of hydrogen-bond acceptors (Lipinski definition) is 3. The minimum Gasteiger partial charge on any atom is -0.381 e. The van der Waals surface area contributed by atoms with Gasteiger partial charge in [0.15, 0.2) is 0 Å². The van der Waals surface area contributed by atoms with Crippen molar-refractivity contribution in [1.82, 2.24) is 4.90 Å². The Morgan fingerprint density at radius 3 is 2.93 bits per heavy atom. The second-order valence-corrected chi connectivity index (χ2v) is 4.25. The number of carbonyl (C=O) groups is 1. The average Bonchev–Trinajstić information content (AvgIpc) is 2.69. The number of rotatable bonds is 1. The first-order chi connectivity index (χ1) is 6.77. The SMILES string of the molecule is N[C@@H]1CCCN(C(=O)C2CCOC2)C1. The van der Waals surface area contributed by atoms with Crippen LogP contribution in [0, 0.1) is 5.92 Å². The van der Waals surface area contributed by atoms with Gasteiger partial charge in [0.05, 0.1) is 12.5 Å². The summed E-state index contributed by atoms with van der Waals surface area (Å²) in [6.07, 6.45) is 2.97. The van der Waals surface area contributed by atoms with Crippen LogP contribution in [0.1, 0.15) is 19.3 Å². The van der Waals surface area contributed by atoms with Crippen molar-refractivity contribution in [2.75, 3.05) is 26.3 Å². The van der Waals surface area contributed by atoms with E-state index in [1.54, 1.807) is 0 Å². The van der Waals surface area contributed by atoms with Crippen LogP contribution in [0.3, 0.4) is 0 Å². The van der Waals surface area contributed by atoms with E-state index in [2.05, 4.69) is 0 Å². The van der Waals surface area contributed by atoms with Crippen molar-refractivity contribution >= 4 is 5.91 Å². The Kier molecular flexibility index (Phi) is 3.03. The van der Waals surface area contributed by atoms with Crippen LogP contribution in [0.4, 0.5) is 0 Å². The molecule has 0 aliphatic carbocycles. The van der Waals surface area contributed by atoms with Crippen LogP contribution in [0.15, 0.2) is 0 Å². The number of amides is 1. The Hall–Kier alpha value is -0.610. The highest BCUT2D eigenvalue weighted by molar-refractivity contribution is 5.79. The van der Waals surface area contributed by atoms with Gasteiger partial charge in [0.25, 0.3) is 0 Å². The highest BCUT2D eigenvalue weighted by Crippen LogP contribution is 2.18. The summed E-state index contributed by atoms with van der Waals surface area (Å²) in [5.74, 6) is 0.345. The fourth-order valence-electron chi connectivity index (χ4n) is 2.20. The lowest BCUT2D eigenvalue weighted by atomic mass is 10.0. The van der Waals surface area contributed by atoms with Gasteiger partial charge in [0.1, 0.15) is 0 Å². The van der Waals surface area contributed by atoms with E-state index in [4.69, 9.17) is 10.5 Å². The van der Waals surface area contributed by atoms with Gasteiger partial charge in [0.2, 0.25) is 5.91 Å². The molecule has 2 heterocycles. The van der Waals surface area contributed by atoms with Crippen LogP contribution in [0.25, 0.3) is 0 Å². The smallest absolute Gasteiger partial charge is 0.228 e. The second-order valence-electron chi connectivity index (χ2n) is 4.25. The maximum atomic E-state index is 11.9. The van der Waals surface area contributed by atoms with Gasteiger partial charge in [-0.25, -0.2) is 0 Å². The first-order valence-electron chi connectivity index (χ1n) is 5.39. The largest absolute Gasteiger partial charge is 0.381 e. The Morgan fingerprint density at radius 1 is 1.43 bits per heavy atom. The monoisotopic (exact) mass is 198 g/mol. The molecular weight excluding hydrogens is 180 g/mol. The zero-order valence-electron chi connectivity index (χ0n) is 8.45. The van der Waals surface area contributed by atoms with Crippen molar-refractivity contribution in [2.24, 2.45) is 11.7 Å². The molecule has 0 aromatic carbocycles. The number of nitrogens with zero attached hydrogens (tertiary/aromatic N) is 1. The fourth-order valence-corrected chi connectivity index (χ4v) is 2.20. The summed E-state index contributed by atoms with van der Waals surface area (Å²) < 4.78 is 5.22. The van der Waals surface area contributed by atoms with Crippen molar-refractivity contribution in [3.63, 3.8) is 0 Å². The molecular formula is C10H18N2O2. The average molecular weight is 198 g/mol. The van der Waals surface area contributed by atoms with E-state index >= 15 is 0 Å². The summed E-state index contributed by atoms with van der Waals surface area (Å²) in [4.78, 5) is 13.8. The number of nitrogens with two attached hydrogens (primary N) is 1. The molecule has 1 amide bonds. The molecule has 0 aromatic rings. The Balaban J connectivity index is 1.89. The first kappa shape index (κ1) is 9.93. The van der Waals surface area contributed by atoms with Crippen LogP contribution in [-0.4, -0.2) is 43.2 Å². The van der Waals surface area contributed by atoms with Crippen LogP contribution in [-0.2, 0) is 9.53 Å². The van der Waals surface area contributed by atoms with Gasteiger partial charge >= 0.3 is 0 Å². The maximum absolute atomic E-state index is 11.9. The van der Waals surface area contributed by atoms with Crippen molar-refractivity contribution in [3.05, 3.63) is 0 Å². The summed E-state index contributed by atoms with van der Waals surface area (Å²) in [6.45, 7) is 2.94. The fraction of sp³-hybridized carbons (Fsp3) is 0.900. The predicted molar refractivity (Wildman–Crippen MR) is 52.7 cm³/mol. The third-order valence-electron chi connectivity index (χ3n) is 3.05. The minimum absolute atomic E-state index is 0.0975. The molecule has 80 valence electrons. The molecule has 2 atom stereocenters. The third-order valence-corrected chi connectivity index (χ3v) is 3.05. The molecule has 4 heteroatoms. The molecule has 0 radical (unpaired) electrons. The molecule has 0 aromatic heterocycles. The highest BCUT2D eigenvalue weighted by atomic mass is 16.5. The van der Waals surface area contributed by atoms with Gasteiger partial charge in [-0.15, -0.1) is 0 Å². The zero-order chi connectivity index (χ0) is 9.97. The molecule has 14 heavy (non-hydrogen) atoms. The Bertz CT molecular complexity index is 214. The van der Waals surface area contributed by atoms with Gasteiger partial charge in [0, 0.05) is 25.7 Å². The topological polar surface area (TPSA) is 55.6 Å². The minimum atomic E-state index is 0.0975. The summed E-state index contributed by atoms with van der Waals surface area (Å²) >= 11 is 0. The van der Waals surface area contributed by atoms with Crippen molar-refractivity contribution in [3.8, 4) is 0 Å². The standard InChI is InChI=1S/C10H18N2O2/c11-9-2-1-4-12(6-9)10(13)8-3-5-14-7-8/h8-9H,1-7,11H2/t8?,9-/m1/s1. The van der Waals surface area contributed by atoms with Crippen molar-refractivity contribution < 1.29 is 9.53 Å². The summed E-state index contributed by atoms with van der Waals surface area (Å²) in [6, 6.07) is 0.176. The molecule has 2 aliphatic heterocycles. The molecule has 1 unspecified atom stereocenters. The summed E-state index contributed by atoms with van der Waals surface area (Å²) in [5.41, 5.74) is 5.84. The van der Waals surface area contributed by atoms with Gasteiger partial charge in [-0.3, -0.25) is 4.79 Å². The summed E-state index contributed by atoms with van der Waals surface area (Å²) in [7, 11) is 0. The maximum Gasteiger partial charge on any atom is 0.228 e. The van der Waals surface area contributed by atoms with Crippen LogP contribution < -0.4 is 5.73 Å². The number of piperidine rings is 1. The van der Waals surface area contributed by atoms with E-state index in [-0.39, 0.29) is 17.9 Å². The Labute approximate surface area is 84.4 Å². The molecule has 2 fully saturated rings. The van der Waals surface area contributed by atoms with Gasteiger partial charge in [-0.05, 0) is 19.3 Å². The van der Waals surface area contributed by atoms with Crippen LogP contribution in [0.2, 0.25) is 0 Å². The van der Waals surface area contributed by atoms with Gasteiger partial charge in [-0.1, -0.05) is 0 Å². The molecule has 2 N–H and O–H groups in total. The molecule has 0 bridgehead atoms. The number of carbonyl (C=O) groups excluding carboxylic acids is 1. The molecule has 4 nitrogen and oxygen atoms in total. The quantitative estimate of drug-likeness (QED) is 0.644. The van der Waals surface area contributed by atoms with E-state index in [0.29, 0.717) is 6.61 Å².